The number of aromatic nitrogens is 3. The molecule has 34 heavy (non-hydrogen) atoms. The third-order valence-electron chi connectivity index (χ3n) is 5.13. The molecular formula is C22H22F2N6O3S. The van der Waals surface area contributed by atoms with E-state index in [1.807, 2.05) is 24.3 Å². The van der Waals surface area contributed by atoms with Gasteiger partial charge in [0.15, 0.2) is 21.3 Å². The molecule has 0 saturated carbocycles. The van der Waals surface area contributed by atoms with Crippen LogP contribution in [0.15, 0.2) is 46.3 Å². The maximum absolute atomic E-state index is 13.4. The number of alkyl halides is 2. The number of aliphatic imine (C=N–C) groups is 1. The van der Waals surface area contributed by atoms with Crippen LogP contribution in [-0.4, -0.2) is 39.9 Å². The number of amides is 1. The van der Waals surface area contributed by atoms with Crippen molar-refractivity contribution in [1.29, 1.82) is 0 Å². The van der Waals surface area contributed by atoms with Crippen LogP contribution in [-0.2, 0) is 29.2 Å². The molecule has 0 spiro atoms. The molecule has 0 fully saturated rings. The van der Waals surface area contributed by atoms with Crippen LogP contribution in [0.4, 0.5) is 13.9 Å². The zero-order valence-electron chi connectivity index (χ0n) is 18.4. The second kappa shape index (κ2) is 10.2. The number of allylic oxidation sites excluding steroid dienone is 1. The van der Waals surface area contributed by atoms with Gasteiger partial charge in [0, 0.05) is 32.6 Å². The molecule has 9 nitrogen and oxygen atoms in total. The van der Waals surface area contributed by atoms with Gasteiger partial charge < -0.3 is 10.1 Å². The first-order valence-electron chi connectivity index (χ1n) is 10.4. The highest BCUT2D eigenvalue weighted by atomic mass is 32.1. The Morgan fingerprint density at radius 3 is 2.65 bits per heavy atom. The topological polar surface area (TPSA) is 102 Å². The highest BCUT2D eigenvalue weighted by Gasteiger charge is 2.29. The molecule has 1 amide bonds. The number of halogens is 2. The second-order valence-corrected chi connectivity index (χ2v) is 8.31. The molecule has 0 unspecified atom stereocenters. The fraction of sp³-hybridized carbons (Fsp3) is 0.318. The lowest BCUT2D eigenvalue weighted by Crippen LogP contribution is -2.44. The van der Waals surface area contributed by atoms with Crippen LogP contribution >= 0.6 is 11.3 Å². The predicted octanol–water partition coefficient (Wildman–Crippen LogP) is 3.00. The molecule has 1 N–H and O–H groups in total. The average Bonchev–Trinajstić information content (AvgIpc) is 3.28. The normalized spacial score (nSPS) is 15.4. The van der Waals surface area contributed by atoms with Crippen molar-refractivity contribution in [1.82, 2.24) is 19.9 Å². The molecule has 0 radical (unpaired) electrons. The largest absolute Gasteiger partial charge is 0.380 e. The van der Waals surface area contributed by atoms with Crippen molar-refractivity contribution < 1.29 is 18.3 Å². The van der Waals surface area contributed by atoms with Crippen LogP contribution in [0.1, 0.15) is 30.3 Å². The first-order valence-corrected chi connectivity index (χ1v) is 11.3. The van der Waals surface area contributed by atoms with E-state index in [1.165, 1.54) is 11.1 Å². The van der Waals surface area contributed by atoms with Gasteiger partial charge in [-0.25, -0.2) is 18.7 Å². The van der Waals surface area contributed by atoms with E-state index >= 15 is 0 Å². The van der Waals surface area contributed by atoms with E-state index in [2.05, 4.69) is 20.3 Å². The maximum Gasteiger partial charge on any atom is 0.295 e. The number of nitrogens with one attached hydrogen (secondary N) is 1. The molecule has 3 aromatic rings. The Bertz CT molecular complexity index is 1300. The van der Waals surface area contributed by atoms with E-state index in [4.69, 9.17) is 4.74 Å². The van der Waals surface area contributed by atoms with Crippen molar-refractivity contribution in [2.45, 2.75) is 39.2 Å². The van der Waals surface area contributed by atoms with Gasteiger partial charge in [-0.2, -0.15) is 0 Å². The molecule has 0 saturated heterocycles. The number of rotatable bonds is 8. The van der Waals surface area contributed by atoms with E-state index in [0.717, 1.165) is 27.0 Å². The molecule has 0 bridgehead atoms. The number of ether oxygens (including phenoxy) is 1. The van der Waals surface area contributed by atoms with Gasteiger partial charge >= 0.3 is 0 Å². The molecular weight excluding hydrogens is 466 g/mol. The number of hydrogen-bond donors (Lipinski definition) is 1. The lowest BCUT2D eigenvalue weighted by molar-refractivity contribution is -0.122. The minimum absolute atomic E-state index is 0.0236. The van der Waals surface area contributed by atoms with Crippen molar-refractivity contribution in [2.75, 3.05) is 12.0 Å². The summed E-state index contributed by atoms with van der Waals surface area (Å²) in [7, 11) is 1.62. The summed E-state index contributed by atoms with van der Waals surface area (Å²) in [6.45, 7) is 2.42. The van der Waals surface area contributed by atoms with E-state index in [0.29, 0.717) is 6.61 Å². The Morgan fingerprint density at radius 2 is 1.97 bits per heavy atom. The number of anilines is 1. The van der Waals surface area contributed by atoms with Crippen molar-refractivity contribution in [3.05, 3.63) is 63.8 Å². The van der Waals surface area contributed by atoms with Crippen molar-refractivity contribution in [3.8, 4) is 0 Å². The van der Waals surface area contributed by atoms with E-state index < -0.39 is 24.0 Å². The smallest absolute Gasteiger partial charge is 0.295 e. The van der Waals surface area contributed by atoms with Crippen molar-refractivity contribution in [2.24, 2.45) is 4.99 Å². The number of methoxy groups -OCH3 is 1. The summed E-state index contributed by atoms with van der Waals surface area (Å²) >= 11 is 0.951. The first-order chi connectivity index (χ1) is 16.4. The maximum atomic E-state index is 13.4. The van der Waals surface area contributed by atoms with Crippen LogP contribution in [0, 0.1) is 0 Å². The molecule has 4 rings (SSSR count). The molecule has 1 aliphatic rings. The number of thiazole rings is 1. The Kier molecular flexibility index (Phi) is 7.08. The lowest BCUT2D eigenvalue weighted by Gasteiger charge is -2.26. The van der Waals surface area contributed by atoms with Gasteiger partial charge in [0.2, 0.25) is 6.17 Å². The summed E-state index contributed by atoms with van der Waals surface area (Å²) in [5, 5.41) is 3.10. The van der Waals surface area contributed by atoms with E-state index in [1.54, 1.807) is 26.3 Å². The SMILES string of the molecule is CCn1c(C(F)F)nc2sc(N3C=CC=N[C@H]3C(=O)NCc3ccc(COC)cc3)nc2c1=O. The number of hydrogen-bond acceptors (Lipinski definition) is 8. The van der Waals surface area contributed by atoms with Gasteiger partial charge in [-0.15, -0.1) is 0 Å². The summed E-state index contributed by atoms with van der Waals surface area (Å²) in [5.74, 6) is -0.985. The van der Waals surface area contributed by atoms with E-state index in [9.17, 15) is 18.4 Å². The number of nitrogens with zero attached hydrogens (tertiary/aromatic N) is 5. The summed E-state index contributed by atoms with van der Waals surface area (Å²) in [6, 6.07) is 7.64. The molecule has 2 aromatic heterocycles. The van der Waals surface area contributed by atoms with Crippen molar-refractivity contribution >= 4 is 38.9 Å². The van der Waals surface area contributed by atoms with Crippen LogP contribution in [0.25, 0.3) is 10.3 Å². The summed E-state index contributed by atoms with van der Waals surface area (Å²) < 4.78 is 32.8. The molecule has 3 heterocycles. The summed E-state index contributed by atoms with van der Waals surface area (Å²) in [4.78, 5) is 39.7. The molecule has 0 aliphatic carbocycles. The minimum atomic E-state index is -2.90. The number of carbonyl (C=O) groups is 1. The monoisotopic (exact) mass is 488 g/mol. The van der Waals surface area contributed by atoms with Gasteiger partial charge in [-0.1, -0.05) is 35.6 Å². The molecule has 178 valence electrons. The minimum Gasteiger partial charge on any atom is -0.380 e. The van der Waals surface area contributed by atoms with Crippen LogP contribution in [0.5, 0.6) is 0 Å². The number of carbonyl (C=O) groups excluding carboxylic acids is 1. The molecule has 1 atom stereocenters. The average molecular weight is 489 g/mol. The number of benzene rings is 1. The van der Waals surface area contributed by atoms with Gasteiger partial charge in [0.05, 0.1) is 6.61 Å². The van der Waals surface area contributed by atoms with Crippen LogP contribution in [0.2, 0.25) is 0 Å². The second-order valence-electron chi connectivity index (χ2n) is 7.36. The van der Waals surface area contributed by atoms with Gasteiger partial charge in [-0.05, 0) is 24.1 Å². The van der Waals surface area contributed by atoms with E-state index in [-0.39, 0.29) is 34.5 Å². The Hall–Kier alpha value is -3.51. The Labute approximate surface area is 197 Å². The molecule has 1 aliphatic heterocycles. The van der Waals surface area contributed by atoms with Crippen molar-refractivity contribution in [3.63, 3.8) is 0 Å². The lowest BCUT2D eigenvalue weighted by atomic mass is 10.1. The fourth-order valence-electron chi connectivity index (χ4n) is 3.47. The molecule has 12 heteroatoms. The predicted molar refractivity (Wildman–Crippen MR) is 125 cm³/mol. The third-order valence-corrected chi connectivity index (χ3v) is 6.09. The zero-order chi connectivity index (χ0) is 24.2. The quantitative estimate of drug-likeness (QED) is 0.523. The summed E-state index contributed by atoms with van der Waals surface area (Å²) in [6.07, 6.45) is 0.837. The third kappa shape index (κ3) is 4.73. The molecule has 1 aromatic carbocycles. The highest BCUT2D eigenvalue weighted by Crippen LogP contribution is 2.30. The Morgan fingerprint density at radius 1 is 1.24 bits per heavy atom. The van der Waals surface area contributed by atoms with Gasteiger partial charge in [0.25, 0.3) is 17.9 Å². The van der Waals surface area contributed by atoms with Gasteiger partial charge in [-0.3, -0.25) is 24.0 Å². The highest BCUT2D eigenvalue weighted by molar-refractivity contribution is 7.21. The van der Waals surface area contributed by atoms with Crippen LogP contribution in [0.3, 0.4) is 0 Å². The van der Waals surface area contributed by atoms with Crippen LogP contribution < -0.4 is 15.8 Å². The first kappa shape index (κ1) is 23.6. The summed E-state index contributed by atoms with van der Waals surface area (Å²) in [5.41, 5.74) is 1.25. The zero-order valence-corrected chi connectivity index (χ0v) is 19.3. The standard InChI is InChI=1S/C22H22F2N6O3S/c1-3-29-17(16(23)24)28-20-15(21(29)32)27-22(34-20)30-10-4-9-25-18(30)19(31)26-11-13-5-7-14(8-6-13)12-33-2/h4-10,16,18H,3,11-12H2,1-2H3,(H,26,31)/t18-/m1/s1. The number of fused-ring (bicyclic) bond motifs is 1. The fourth-order valence-corrected chi connectivity index (χ4v) is 4.42. The van der Waals surface area contributed by atoms with Gasteiger partial charge in [0.1, 0.15) is 0 Å². The Balaban J connectivity index is 1.56.